The van der Waals surface area contributed by atoms with Crippen LogP contribution in [0.1, 0.15) is 68.9 Å². The predicted octanol–water partition coefficient (Wildman–Crippen LogP) is 3.67. The molecule has 3 atom stereocenters. The first-order valence-corrected chi connectivity index (χ1v) is 14.0. The second-order valence-corrected chi connectivity index (χ2v) is 12.2. The molecule has 0 saturated heterocycles. The van der Waals surface area contributed by atoms with E-state index in [1.54, 1.807) is 31.2 Å². The van der Waals surface area contributed by atoms with Crippen molar-refractivity contribution in [3.63, 3.8) is 0 Å². The van der Waals surface area contributed by atoms with E-state index in [0.29, 0.717) is 11.3 Å². The van der Waals surface area contributed by atoms with Crippen LogP contribution in [0, 0.1) is 18.7 Å². The Bertz CT molecular complexity index is 1460. The Morgan fingerprint density at radius 1 is 1.07 bits per heavy atom. The highest BCUT2D eigenvalue weighted by atomic mass is 19.1. The Morgan fingerprint density at radius 3 is 2.26 bits per heavy atom. The third kappa shape index (κ3) is 8.25. The number of hydrogen-bond donors (Lipinski definition) is 4. The summed E-state index contributed by atoms with van der Waals surface area (Å²) < 4.78 is 13.3. The van der Waals surface area contributed by atoms with E-state index in [9.17, 15) is 23.9 Å². The zero-order valence-corrected chi connectivity index (χ0v) is 25.4. The molecule has 0 spiro atoms. The molecule has 0 aliphatic heterocycles. The molecule has 3 aromatic rings. The molecule has 2 amide bonds. The number of phenols is 1. The number of aromatic amines is 1. The van der Waals surface area contributed by atoms with Crippen molar-refractivity contribution in [3.05, 3.63) is 92.9 Å². The summed E-state index contributed by atoms with van der Waals surface area (Å²) in [6.07, 6.45) is 0.456. The van der Waals surface area contributed by atoms with E-state index in [2.05, 4.69) is 15.3 Å². The van der Waals surface area contributed by atoms with Crippen molar-refractivity contribution >= 4 is 11.8 Å². The number of benzene rings is 2. The van der Waals surface area contributed by atoms with Gasteiger partial charge in [0.25, 0.3) is 5.56 Å². The van der Waals surface area contributed by atoms with Crippen molar-refractivity contribution in [2.45, 2.75) is 77.9 Å². The van der Waals surface area contributed by atoms with Gasteiger partial charge in [0.2, 0.25) is 11.8 Å². The SMILES string of the molecule is Cc1cc(=O)nc(C(Cc2ccc(O)c(C(C)(C)C)c2)NC(=O)C(C(C)C)N(C)C(=O)C(N)Cc2ccc(F)cc2)[nH]1. The molecule has 1 aromatic heterocycles. The van der Waals surface area contributed by atoms with E-state index in [4.69, 9.17) is 5.73 Å². The maximum atomic E-state index is 13.8. The number of carbonyl (C=O) groups excluding carboxylic acids is 2. The number of aromatic nitrogens is 2. The number of aromatic hydroxyl groups is 1. The number of carbonyl (C=O) groups is 2. The normalized spacial score (nSPS) is 13.9. The summed E-state index contributed by atoms with van der Waals surface area (Å²) in [4.78, 5) is 48.0. The van der Waals surface area contributed by atoms with Gasteiger partial charge in [-0.05, 0) is 66.0 Å². The molecule has 42 heavy (non-hydrogen) atoms. The van der Waals surface area contributed by atoms with Crippen molar-refractivity contribution in [1.82, 2.24) is 20.2 Å². The fraction of sp³-hybridized carbons (Fsp3) is 0.438. The van der Waals surface area contributed by atoms with Crippen LogP contribution in [0.2, 0.25) is 0 Å². The molecule has 0 bridgehead atoms. The molecule has 3 unspecified atom stereocenters. The Kier molecular flexibility index (Phi) is 10.3. The van der Waals surface area contributed by atoms with Gasteiger partial charge in [-0.3, -0.25) is 14.4 Å². The third-order valence-corrected chi connectivity index (χ3v) is 7.20. The maximum absolute atomic E-state index is 13.8. The van der Waals surface area contributed by atoms with Crippen LogP contribution < -0.4 is 16.6 Å². The van der Waals surface area contributed by atoms with Crippen LogP contribution in [0.15, 0.2) is 53.3 Å². The highest BCUT2D eigenvalue weighted by molar-refractivity contribution is 5.90. The summed E-state index contributed by atoms with van der Waals surface area (Å²) in [5.41, 5.74) is 8.31. The topological polar surface area (TPSA) is 141 Å². The van der Waals surface area contributed by atoms with Gasteiger partial charge in [-0.2, -0.15) is 4.98 Å². The number of H-pyrrole nitrogens is 1. The van der Waals surface area contributed by atoms with Gasteiger partial charge in [-0.15, -0.1) is 0 Å². The standard InChI is InChI=1S/C32H42FN5O4/c1-18(2)28(38(7)31(42)24(34)16-20-8-11-22(33)12-9-20)30(41)36-25(29-35-19(3)14-27(40)37-29)17-21-10-13-26(39)23(15-21)32(4,5)6/h8-15,18,24-25,28,39H,16-17,34H2,1-7H3,(H,36,41)(H,35,37,40). The zero-order chi connectivity index (χ0) is 31.4. The summed E-state index contributed by atoms with van der Waals surface area (Å²) in [5, 5.41) is 13.5. The molecule has 3 rings (SSSR count). The molecule has 0 aliphatic rings. The van der Waals surface area contributed by atoms with Crippen LogP contribution in [-0.4, -0.2) is 50.9 Å². The van der Waals surface area contributed by atoms with E-state index >= 15 is 0 Å². The summed E-state index contributed by atoms with van der Waals surface area (Å²) in [6, 6.07) is 9.85. The van der Waals surface area contributed by atoms with Crippen molar-refractivity contribution in [2.24, 2.45) is 11.7 Å². The second kappa shape index (κ2) is 13.3. The van der Waals surface area contributed by atoms with Crippen molar-refractivity contribution in [2.75, 3.05) is 7.05 Å². The average molecular weight is 580 g/mol. The van der Waals surface area contributed by atoms with Gasteiger partial charge in [0.1, 0.15) is 23.4 Å². The van der Waals surface area contributed by atoms with Gasteiger partial charge >= 0.3 is 0 Å². The minimum absolute atomic E-state index is 0.172. The van der Waals surface area contributed by atoms with Gasteiger partial charge in [0.05, 0.1) is 12.1 Å². The van der Waals surface area contributed by atoms with Gasteiger partial charge < -0.3 is 26.0 Å². The highest BCUT2D eigenvalue weighted by Crippen LogP contribution is 2.32. The van der Waals surface area contributed by atoms with Crippen LogP contribution in [-0.2, 0) is 27.8 Å². The molecule has 0 saturated carbocycles. The number of nitrogens with two attached hydrogens (primary N) is 1. The Morgan fingerprint density at radius 2 is 1.69 bits per heavy atom. The average Bonchev–Trinajstić information content (AvgIpc) is 2.88. The molecule has 2 aromatic carbocycles. The van der Waals surface area contributed by atoms with Crippen LogP contribution in [0.4, 0.5) is 4.39 Å². The van der Waals surface area contributed by atoms with Crippen LogP contribution in [0.25, 0.3) is 0 Å². The number of hydrogen-bond acceptors (Lipinski definition) is 6. The molecule has 226 valence electrons. The zero-order valence-electron chi connectivity index (χ0n) is 25.4. The summed E-state index contributed by atoms with van der Waals surface area (Å²) in [5.74, 6) is -1.07. The lowest BCUT2D eigenvalue weighted by Crippen LogP contribution is -2.55. The molecule has 1 heterocycles. The van der Waals surface area contributed by atoms with E-state index in [-0.39, 0.29) is 41.6 Å². The minimum atomic E-state index is -0.937. The van der Waals surface area contributed by atoms with Crippen LogP contribution >= 0.6 is 0 Å². The molecule has 0 fully saturated rings. The predicted molar refractivity (Wildman–Crippen MR) is 160 cm³/mol. The fourth-order valence-corrected chi connectivity index (χ4v) is 5.07. The van der Waals surface area contributed by atoms with Crippen LogP contribution in [0.5, 0.6) is 5.75 Å². The van der Waals surface area contributed by atoms with Gasteiger partial charge in [-0.25, -0.2) is 4.39 Å². The molecular formula is C32H42FN5O4. The number of aryl methyl sites for hydroxylation is 1. The Labute approximate surface area is 246 Å². The Balaban J connectivity index is 1.90. The minimum Gasteiger partial charge on any atom is -0.508 e. The van der Waals surface area contributed by atoms with E-state index < -0.39 is 35.5 Å². The number of halogens is 1. The van der Waals surface area contributed by atoms with Gasteiger partial charge in [0.15, 0.2) is 0 Å². The van der Waals surface area contributed by atoms with E-state index in [1.807, 2.05) is 40.7 Å². The number of rotatable bonds is 10. The van der Waals surface area contributed by atoms with Crippen molar-refractivity contribution in [1.29, 1.82) is 0 Å². The number of likely N-dealkylation sites (N-methyl/N-ethyl adjacent to an activating group) is 1. The smallest absolute Gasteiger partial charge is 0.273 e. The lowest BCUT2D eigenvalue weighted by Gasteiger charge is -2.33. The van der Waals surface area contributed by atoms with Crippen molar-refractivity contribution < 1.29 is 19.1 Å². The summed E-state index contributed by atoms with van der Waals surface area (Å²) in [7, 11) is 1.54. The highest BCUT2D eigenvalue weighted by Gasteiger charge is 2.34. The van der Waals surface area contributed by atoms with E-state index in [1.165, 1.54) is 30.1 Å². The first-order chi connectivity index (χ1) is 19.6. The molecular weight excluding hydrogens is 537 g/mol. The Hall–Kier alpha value is -4.05. The molecule has 5 N–H and O–H groups in total. The molecule has 0 radical (unpaired) electrons. The summed E-state index contributed by atoms with van der Waals surface area (Å²) in [6.45, 7) is 11.4. The quantitative estimate of drug-likeness (QED) is 0.289. The molecule has 9 nitrogen and oxygen atoms in total. The lowest BCUT2D eigenvalue weighted by molar-refractivity contribution is -0.141. The number of nitrogens with zero attached hydrogens (tertiary/aromatic N) is 2. The second-order valence-electron chi connectivity index (χ2n) is 12.2. The lowest BCUT2D eigenvalue weighted by atomic mass is 9.84. The molecule has 0 aliphatic carbocycles. The monoisotopic (exact) mass is 579 g/mol. The first-order valence-electron chi connectivity index (χ1n) is 14.0. The first kappa shape index (κ1) is 32.5. The van der Waals surface area contributed by atoms with Gasteiger partial charge in [0, 0.05) is 18.8 Å². The van der Waals surface area contributed by atoms with Crippen LogP contribution in [0.3, 0.4) is 0 Å². The number of amides is 2. The fourth-order valence-electron chi connectivity index (χ4n) is 5.07. The number of nitrogens with one attached hydrogen (secondary N) is 2. The largest absolute Gasteiger partial charge is 0.508 e. The maximum Gasteiger partial charge on any atom is 0.273 e. The van der Waals surface area contributed by atoms with Crippen molar-refractivity contribution in [3.8, 4) is 5.75 Å². The van der Waals surface area contributed by atoms with Gasteiger partial charge in [-0.1, -0.05) is 58.9 Å². The number of phenolic OH excluding ortho intramolecular Hbond substituents is 1. The third-order valence-electron chi connectivity index (χ3n) is 7.20. The molecule has 10 heteroatoms. The summed E-state index contributed by atoms with van der Waals surface area (Å²) >= 11 is 0. The van der Waals surface area contributed by atoms with E-state index in [0.717, 1.165) is 11.1 Å².